The number of guanidine groups is 1. The first-order chi connectivity index (χ1) is 13.1. The van der Waals surface area contributed by atoms with Crippen LogP contribution in [0.25, 0.3) is 0 Å². The van der Waals surface area contributed by atoms with Gasteiger partial charge in [0.2, 0.25) is 5.91 Å². The molecule has 1 amide bonds. The van der Waals surface area contributed by atoms with Crippen LogP contribution in [0.3, 0.4) is 0 Å². The van der Waals surface area contributed by atoms with E-state index in [9.17, 15) is 4.79 Å². The van der Waals surface area contributed by atoms with E-state index in [0.717, 1.165) is 31.6 Å². The lowest BCUT2D eigenvalue weighted by molar-refractivity contribution is -0.121. The summed E-state index contributed by atoms with van der Waals surface area (Å²) in [4.78, 5) is 16.3. The fourth-order valence-electron chi connectivity index (χ4n) is 3.48. The van der Waals surface area contributed by atoms with Gasteiger partial charge in [-0.15, -0.1) is 0 Å². The average Bonchev–Trinajstić information content (AvgIpc) is 2.67. The first kappa shape index (κ1) is 21.1. The highest BCUT2D eigenvalue weighted by atomic mass is 16.5. The van der Waals surface area contributed by atoms with Gasteiger partial charge in [-0.05, 0) is 37.8 Å². The van der Waals surface area contributed by atoms with E-state index in [0.29, 0.717) is 25.0 Å². The summed E-state index contributed by atoms with van der Waals surface area (Å²) in [5.41, 5.74) is 2.39. The predicted octanol–water partition coefficient (Wildman–Crippen LogP) is 2.55. The lowest BCUT2D eigenvalue weighted by Gasteiger charge is -2.22. The standard InChI is InChI=1S/C21H34N4O2/c1-16-9-10-19(27-3)17(15-16)11-13-23-21(22-2)24-14-12-20(26)25-18-7-5-4-6-8-18/h9-10,15,18H,4-8,11-14H2,1-3H3,(H,25,26)(H2,22,23,24). The van der Waals surface area contributed by atoms with Crippen LogP contribution >= 0.6 is 0 Å². The smallest absolute Gasteiger partial charge is 0.221 e. The summed E-state index contributed by atoms with van der Waals surface area (Å²) in [7, 11) is 3.44. The number of amides is 1. The number of ether oxygens (including phenoxy) is 1. The van der Waals surface area contributed by atoms with Crippen molar-refractivity contribution in [1.82, 2.24) is 16.0 Å². The van der Waals surface area contributed by atoms with Crippen molar-refractivity contribution in [2.45, 2.75) is 57.9 Å². The summed E-state index contributed by atoms with van der Waals surface area (Å²) in [5, 5.41) is 9.65. The van der Waals surface area contributed by atoms with E-state index in [-0.39, 0.29) is 5.91 Å². The lowest BCUT2D eigenvalue weighted by atomic mass is 9.95. The first-order valence-corrected chi connectivity index (χ1v) is 9.99. The number of carbonyl (C=O) groups is 1. The quantitative estimate of drug-likeness (QED) is 0.483. The minimum Gasteiger partial charge on any atom is -0.496 e. The molecule has 1 aromatic carbocycles. The van der Waals surface area contributed by atoms with Crippen LogP contribution in [0, 0.1) is 6.92 Å². The Bertz CT molecular complexity index is 625. The zero-order chi connectivity index (χ0) is 19.5. The largest absolute Gasteiger partial charge is 0.496 e. The molecule has 1 aliphatic carbocycles. The lowest BCUT2D eigenvalue weighted by Crippen LogP contribution is -2.41. The van der Waals surface area contributed by atoms with E-state index in [1.807, 2.05) is 6.07 Å². The number of aryl methyl sites for hydroxylation is 1. The van der Waals surface area contributed by atoms with Crippen LogP contribution in [0.1, 0.15) is 49.7 Å². The highest BCUT2D eigenvalue weighted by molar-refractivity contribution is 5.81. The van der Waals surface area contributed by atoms with Gasteiger partial charge in [0.15, 0.2) is 5.96 Å². The van der Waals surface area contributed by atoms with Gasteiger partial charge in [0, 0.05) is 32.6 Å². The highest BCUT2D eigenvalue weighted by Crippen LogP contribution is 2.19. The van der Waals surface area contributed by atoms with Crippen LogP contribution in [-0.4, -0.2) is 45.2 Å². The number of nitrogens with zero attached hydrogens (tertiary/aromatic N) is 1. The second kappa shape index (κ2) is 11.5. The van der Waals surface area contributed by atoms with E-state index < -0.39 is 0 Å². The summed E-state index contributed by atoms with van der Waals surface area (Å²) in [5.74, 6) is 1.74. The van der Waals surface area contributed by atoms with Crippen LogP contribution in [0.15, 0.2) is 23.2 Å². The Morgan fingerprint density at radius 3 is 2.63 bits per heavy atom. The van der Waals surface area contributed by atoms with Crippen LogP contribution < -0.4 is 20.7 Å². The Morgan fingerprint density at radius 2 is 1.93 bits per heavy atom. The number of carbonyl (C=O) groups excluding carboxylic acids is 1. The van der Waals surface area contributed by atoms with Gasteiger partial charge in [-0.25, -0.2) is 0 Å². The number of rotatable bonds is 8. The monoisotopic (exact) mass is 374 g/mol. The molecule has 150 valence electrons. The molecule has 1 saturated carbocycles. The molecule has 1 aromatic rings. The van der Waals surface area contributed by atoms with Gasteiger partial charge < -0.3 is 20.7 Å². The van der Waals surface area contributed by atoms with Crippen LogP contribution in [0.2, 0.25) is 0 Å². The molecule has 3 N–H and O–H groups in total. The zero-order valence-electron chi connectivity index (χ0n) is 16.9. The fourth-order valence-corrected chi connectivity index (χ4v) is 3.48. The summed E-state index contributed by atoms with van der Waals surface area (Å²) in [6, 6.07) is 6.57. The molecule has 6 nitrogen and oxygen atoms in total. The molecule has 0 unspecified atom stereocenters. The van der Waals surface area contributed by atoms with Crippen molar-refractivity contribution in [3.8, 4) is 5.75 Å². The zero-order valence-corrected chi connectivity index (χ0v) is 16.9. The van der Waals surface area contributed by atoms with E-state index in [1.165, 1.54) is 30.4 Å². The Kier molecular flexibility index (Phi) is 8.95. The molecule has 0 aliphatic heterocycles. The Hall–Kier alpha value is -2.24. The minimum absolute atomic E-state index is 0.120. The van der Waals surface area contributed by atoms with E-state index in [2.05, 4.69) is 40.0 Å². The van der Waals surface area contributed by atoms with Crippen molar-refractivity contribution in [3.05, 3.63) is 29.3 Å². The fraction of sp³-hybridized carbons (Fsp3) is 0.619. The summed E-state index contributed by atoms with van der Waals surface area (Å²) >= 11 is 0. The molecule has 0 radical (unpaired) electrons. The SMILES string of the molecule is CN=C(NCCC(=O)NC1CCCCC1)NCCc1cc(C)ccc1OC. The molecule has 0 aromatic heterocycles. The third kappa shape index (κ3) is 7.49. The van der Waals surface area contributed by atoms with Crippen LogP contribution in [0.4, 0.5) is 0 Å². The van der Waals surface area contributed by atoms with Gasteiger partial charge in [0.05, 0.1) is 7.11 Å². The number of methoxy groups -OCH3 is 1. The third-order valence-electron chi connectivity index (χ3n) is 4.96. The molecular formula is C21H34N4O2. The molecular weight excluding hydrogens is 340 g/mol. The number of nitrogens with one attached hydrogen (secondary N) is 3. The Morgan fingerprint density at radius 1 is 1.19 bits per heavy atom. The molecule has 0 saturated heterocycles. The number of hydrogen-bond acceptors (Lipinski definition) is 3. The number of hydrogen-bond donors (Lipinski definition) is 3. The number of benzene rings is 1. The van der Waals surface area contributed by atoms with Crippen molar-refractivity contribution in [2.24, 2.45) is 4.99 Å². The Balaban J connectivity index is 1.67. The van der Waals surface area contributed by atoms with E-state index in [1.54, 1.807) is 14.2 Å². The van der Waals surface area contributed by atoms with E-state index in [4.69, 9.17) is 4.74 Å². The van der Waals surface area contributed by atoms with E-state index >= 15 is 0 Å². The molecule has 0 spiro atoms. The van der Waals surface area contributed by atoms with Gasteiger partial charge in [-0.2, -0.15) is 0 Å². The maximum atomic E-state index is 12.1. The van der Waals surface area contributed by atoms with Crippen molar-refractivity contribution < 1.29 is 9.53 Å². The second-order valence-corrected chi connectivity index (χ2v) is 7.14. The summed E-state index contributed by atoms with van der Waals surface area (Å²) in [6.45, 7) is 3.40. The summed E-state index contributed by atoms with van der Waals surface area (Å²) in [6.07, 6.45) is 7.29. The molecule has 1 fully saturated rings. The van der Waals surface area contributed by atoms with Gasteiger partial charge in [-0.1, -0.05) is 37.0 Å². The topological polar surface area (TPSA) is 74.8 Å². The van der Waals surface area contributed by atoms with Crippen LogP contribution in [0.5, 0.6) is 5.75 Å². The predicted molar refractivity (Wildman–Crippen MR) is 110 cm³/mol. The molecule has 1 aliphatic rings. The molecule has 2 rings (SSSR count). The van der Waals surface area contributed by atoms with Gasteiger partial charge in [0.1, 0.15) is 5.75 Å². The van der Waals surface area contributed by atoms with Crippen molar-refractivity contribution >= 4 is 11.9 Å². The highest BCUT2D eigenvalue weighted by Gasteiger charge is 2.15. The minimum atomic E-state index is 0.120. The summed E-state index contributed by atoms with van der Waals surface area (Å²) < 4.78 is 5.42. The maximum absolute atomic E-state index is 12.1. The molecule has 6 heteroatoms. The normalized spacial score (nSPS) is 15.3. The average molecular weight is 375 g/mol. The van der Waals surface area contributed by atoms with Gasteiger partial charge in [0.25, 0.3) is 0 Å². The second-order valence-electron chi connectivity index (χ2n) is 7.14. The number of aliphatic imine (C=N–C) groups is 1. The van der Waals surface area contributed by atoms with Crippen molar-refractivity contribution in [2.75, 3.05) is 27.2 Å². The molecule has 27 heavy (non-hydrogen) atoms. The van der Waals surface area contributed by atoms with Gasteiger partial charge >= 0.3 is 0 Å². The molecule has 0 atom stereocenters. The molecule has 0 heterocycles. The van der Waals surface area contributed by atoms with Gasteiger partial charge in [-0.3, -0.25) is 9.79 Å². The Labute approximate surface area is 163 Å². The molecule has 0 bridgehead atoms. The maximum Gasteiger partial charge on any atom is 0.221 e. The van der Waals surface area contributed by atoms with Crippen molar-refractivity contribution in [3.63, 3.8) is 0 Å². The van der Waals surface area contributed by atoms with Crippen molar-refractivity contribution in [1.29, 1.82) is 0 Å². The third-order valence-corrected chi connectivity index (χ3v) is 4.96. The van der Waals surface area contributed by atoms with Crippen LogP contribution in [-0.2, 0) is 11.2 Å². The first-order valence-electron chi connectivity index (χ1n) is 9.99.